The van der Waals surface area contributed by atoms with Gasteiger partial charge in [-0.1, -0.05) is 6.42 Å². The first kappa shape index (κ1) is 16.5. The number of aliphatic hydroxyl groups excluding tert-OH is 1. The molecule has 0 aromatic rings. The number of hydrogen-bond acceptors (Lipinski definition) is 3. The Morgan fingerprint density at radius 2 is 1.95 bits per heavy atom. The quantitative estimate of drug-likeness (QED) is 0.750. The van der Waals surface area contributed by atoms with Crippen LogP contribution in [0.4, 0.5) is 0 Å². The summed E-state index contributed by atoms with van der Waals surface area (Å²) in [7, 11) is 0. The monoisotopic (exact) mass is 267 g/mol. The lowest BCUT2D eigenvalue weighted by molar-refractivity contribution is -0.0705. The molecule has 110 valence electrons. The molecule has 0 aromatic carbocycles. The van der Waals surface area contributed by atoms with Crippen LogP contribution in [0.2, 0.25) is 0 Å². The van der Waals surface area contributed by atoms with E-state index in [1.807, 2.05) is 13.8 Å². The minimum atomic E-state index is -0.444. The van der Waals surface area contributed by atoms with Crippen molar-refractivity contribution in [1.82, 2.24) is 4.90 Å². The first-order valence-electron chi connectivity index (χ1n) is 7.37. The molecule has 0 amide bonds. The van der Waals surface area contributed by atoms with Gasteiger partial charge >= 0.3 is 0 Å². The fourth-order valence-corrected chi connectivity index (χ4v) is 2.75. The van der Waals surface area contributed by atoms with E-state index in [-0.39, 0.29) is 5.60 Å². The third-order valence-corrected chi connectivity index (χ3v) is 3.99. The van der Waals surface area contributed by atoms with Gasteiger partial charge in [0.2, 0.25) is 0 Å². The Morgan fingerprint density at radius 3 is 2.47 bits per heavy atom. The largest absolute Gasteiger partial charge is 0.389 e. The second-order valence-corrected chi connectivity index (χ2v) is 6.43. The zero-order valence-corrected chi connectivity index (χ0v) is 12.9. The standard InChI is InChI=1S/C16H29NO2/c1-6-10-16(4,5)19-12-15(18)11-17-13(2)8-7-9-14(17)3/h1,13-15,18H,7-12H2,2-5H3/t13-,14-,15-/m0/s1. The van der Waals surface area contributed by atoms with Crippen LogP contribution in [0.15, 0.2) is 0 Å². The Labute approximate surface area is 118 Å². The molecule has 1 aliphatic heterocycles. The summed E-state index contributed by atoms with van der Waals surface area (Å²) in [6, 6.07) is 1.11. The van der Waals surface area contributed by atoms with E-state index >= 15 is 0 Å². The maximum Gasteiger partial charge on any atom is 0.0900 e. The van der Waals surface area contributed by atoms with Crippen molar-refractivity contribution in [3.63, 3.8) is 0 Å². The highest BCUT2D eigenvalue weighted by Gasteiger charge is 2.27. The minimum Gasteiger partial charge on any atom is -0.389 e. The maximum atomic E-state index is 10.2. The number of aliphatic hydroxyl groups is 1. The summed E-state index contributed by atoms with van der Waals surface area (Å²) >= 11 is 0. The number of rotatable bonds is 6. The van der Waals surface area contributed by atoms with E-state index in [1.54, 1.807) is 0 Å². The van der Waals surface area contributed by atoms with Crippen LogP contribution in [0.5, 0.6) is 0 Å². The summed E-state index contributed by atoms with van der Waals surface area (Å²) in [6.07, 6.45) is 9.17. The Bertz CT molecular complexity index is 298. The fraction of sp³-hybridized carbons (Fsp3) is 0.875. The molecule has 1 aliphatic rings. The van der Waals surface area contributed by atoms with Crippen LogP contribution in [-0.2, 0) is 4.74 Å². The predicted molar refractivity (Wildman–Crippen MR) is 79.0 cm³/mol. The second kappa shape index (κ2) is 7.28. The van der Waals surface area contributed by atoms with Crippen molar-refractivity contribution < 1.29 is 9.84 Å². The molecular formula is C16H29NO2. The number of ether oxygens (including phenoxy) is 1. The van der Waals surface area contributed by atoms with Gasteiger partial charge in [0.15, 0.2) is 0 Å². The first-order valence-corrected chi connectivity index (χ1v) is 7.37. The highest BCUT2D eigenvalue weighted by Crippen LogP contribution is 2.23. The lowest BCUT2D eigenvalue weighted by Gasteiger charge is -2.40. The highest BCUT2D eigenvalue weighted by molar-refractivity contribution is 4.92. The molecule has 1 heterocycles. The van der Waals surface area contributed by atoms with Crippen LogP contribution in [-0.4, -0.2) is 46.9 Å². The summed E-state index contributed by atoms with van der Waals surface area (Å²) in [5, 5.41) is 10.2. The number of β-amino-alcohol motifs (C(OH)–C–C–N with tert-alkyl or cyclic N) is 1. The third-order valence-electron chi connectivity index (χ3n) is 3.99. The number of nitrogens with zero attached hydrogens (tertiary/aromatic N) is 1. The van der Waals surface area contributed by atoms with Crippen LogP contribution in [0.1, 0.15) is 53.4 Å². The van der Waals surface area contributed by atoms with Crippen molar-refractivity contribution >= 4 is 0 Å². The average molecular weight is 267 g/mol. The molecule has 0 bridgehead atoms. The van der Waals surface area contributed by atoms with Crippen LogP contribution in [0.3, 0.4) is 0 Å². The van der Waals surface area contributed by atoms with Gasteiger partial charge in [-0.3, -0.25) is 4.90 Å². The van der Waals surface area contributed by atoms with E-state index in [4.69, 9.17) is 11.2 Å². The zero-order chi connectivity index (χ0) is 14.5. The molecule has 3 atom stereocenters. The molecule has 1 fully saturated rings. The van der Waals surface area contributed by atoms with E-state index in [9.17, 15) is 5.11 Å². The van der Waals surface area contributed by atoms with E-state index in [1.165, 1.54) is 19.3 Å². The molecule has 0 aliphatic carbocycles. The number of piperidine rings is 1. The van der Waals surface area contributed by atoms with Crippen LogP contribution in [0, 0.1) is 12.3 Å². The summed E-state index contributed by atoms with van der Waals surface area (Å²) in [6.45, 7) is 9.45. The number of terminal acetylenes is 1. The Balaban J connectivity index is 2.38. The molecule has 3 heteroatoms. The zero-order valence-electron chi connectivity index (χ0n) is 12.9. The third kappa shape index (κ3) is 5.52. The second-order valence-electron chi connectivity index (χ2n) is 6.43. The minimum absolute atomic E-state index is 0.352. The summed E-state index contributed by atoms with van der Waals surface area (Å²) in [5.41, 5.74) is -0.352. The molecule has 1 rings (SSSR count). The van der Waals surface area contributed by atoms with Gasteiger partial charge in [0.25, 0.3) is 0 Å². The van der Waals surface area contributed by atoms with E-state index in [0.717, 1.165) is 0 Å². The van der Waals surface area contributed by atoms with Crippen molar-refractivity contribution in [2.24, 2.45) is 0 Å². The van der Waals surface area contributed by atoms with E-state index in [2.05, 4.69) is 24.7 Å². The smallest absolute Gasteiger partial charge is 0.0900 e. The van der Waals surface area contributed by atoms with E-state index < -0.39 is 6.10 Å². The fourth-order valence-electron chi connectivity index (χ4n) is 2.75. The van der Waals surface area contributed by atoms with Crippen molar-refractivity contribution in [3.05, 3.63) is 0 Å². The van der Waals surface area contributed by atoms with Crippen LogP contribution >= 0.6 is 0 Å². The molecule has 1 saturated heterocycles. The van der Waals surface area contributed by atoms with E-state index in [0.29, 0.717) is 31.7 Å². The van der Waals surface area contributed by atoms with Gasteiger partial charge in [0.05, 0.1) is 18.3 Å². The van der Waals surface area contributed by atoms with Crippen molar-refractivity contribution in [2.75, 3.05) is 13.2 Å². The Kier molecular flexibility index (Phi) is 6.32. The van der Waals surface area contributed by atoms with Crippen LogP contribution in [0.25, 0.3) is 0 Å². The average Bonchev–Trinajstić information content (AvgIpc) is 2.32. The SMILES string of the molecule is C#CCC(C)(C)OC[C@@H](O)CN1[C@@H](C)CCC[C@@H]1C. The summed E-state index contributed by atoms with van der Waals surface area (Å²) in [4.78, 5) is 2.39. The predicted octanol–water partition coefficient (Wildman–Crippen LogP) is 2.43. The molecule has 19 heavy (non-hydrogen) atoms. The van der Waals surface area contributed by atoms with Gasteiger partial charge < -0.3 is 9.84 Å². The van der Waals surface area contributed by atoms with Gasteiger partial charge in [0.1, 0.15) is 0 Å². The Morgan fingerprint density at radius 1 is 1.37 bits per heavy atom. The molecule has 3 nitrogen and oxygen atoms in total. The summed E-state index contributed by atoms with van der Waals surface area (Å²) < 4.78 is 5.72. The number of likely N-dealkylation sites (tertiary alicyclic amines) is 1. The molecule has 0 spiro atoms. The van der Waals surface area contributed by atoms with Crippen molar-refractivity contribution in [3.8, 4) is 12.3 Å². The van der Waals surface area contributed by atoms with Gasteiger partial charge in [0, 0.05) is 25.0 Å². The topological polar surface area (TPSA) is 32.7 Å². The van der Waals surface area contributed by atoms with Gasteiger partial charge in [-0.25, -0.2) is 0 Å². The number of hydrogen-bond donors (Lipinski definition) is 1. The highest BCUT2D eigenvalue weighted by atomic mass is 16.5. The van der Waals surface area contributed by atoms with Gasteiger partial charge in [-0.2, -0.15) is 0 Å². The van der Waals surface area contributed by atoms with Crippen LogP contribution < -0.4 is 0 Å². The van der Waals surface area contributed by atoms with Crippen molar-refractivity contribution in [2.45, 2.75) is 77.2 Å². The van der Waals surface area contributed by atoms with Crippen molar-refractivity contribution in [1.29, 1.82) is 0 Å². The maximum absolute atomic E-state index is 10.2. The molecule has 0 aromatic heterocycles. The van der Waals surface area contributed by atoms with Gasteiger partial charge in [-0.15, -0.1) is 12.3 Å². The molecule has 0 radical (unpaired) electrons. The first-order chi connectivity index (χ1) is 8.85. The normalized spacial score (nSPS) is 26.9. The molecule has 1 N–H and O–H groups in total. The molecule has 0 unspecified atom stereocenters. The lowest BCUT2D eigenvalue weighted by atomic mass is 9.97. The van der Waals surface area contributed by atoms with Gasteiger partial charge in [-0.05, 0) is 40.5 Å². The Hall–Kier alpha value is -0.560. The molecular weight excluding hydrogens is 238 g/mol. The molecule has 0 saturated carbocycles. The summed E-state index contributed by atoms with van der Waals surface area (Å²) in [5.74, 6) is 2.61. The lowest BCUT2D eigenvalue weighted by Crippen LogP contribution is -2.48.